The monoisotopic (exact) mass is 174 g/mol. The van der Waals surface area contributed by atoms with Gasteiger partial charge < -0.3 is 0 Å². The van der Waals surface area contributed by atoms with Gasteiger partial charge in [-0.15, -0.1) is 5.17 Å². The van der Waals surface area contributed by atoms with E-state index < -0.39 is 0 Å². The lowest BCUT2D eigenvalue weighted by Crippen LogP contribution is -2.42. The molecule has 0 aliphatic rings. The van der Waals surface area contributed by atoms with Crippen LogP contribution in [0.15, 0.2) is 0 Å². The van der Waals surface area contributed by atoms with Gasteiger partial charge in [0.05, 0.1) is 6.61 Å². The fourth-order valence-electron chi connectivity index (χ4n) is 1.17. The van der Waals surface area contributed by atoms with E-state index in [0.29, 0.717) is 0 Å². The molecular formula is C9H22N2O. The van der Waals surface area contributed by atoms with Crippen LogP contribution in [0.3, 0.4) is 0 Å². The molecule has 0 fully saturated rings. The zero-order chi connectivity index (χ0) is 9.40. The molecular weight excluding hydrogens is 152 g/mol. The van der Waals surface area contributed by atoms with Crippen molar-refractivity contribution in [3.05, 3.63) is 0 Å². The van der Waals surface area contributed by atoms with Gasteiger partial charge in [0.1, 0.15) is 0 Å². The third-order valence-corrected chi connectivity index (χ3v) is 1.74. The molecule has 0 saturated carbocycles. The molecule has 0 aromatic carbocycles. The van der Waals surface area contributed by atoms with Crippen LogP contribution in [0.4, 0.5) is 0 Å². The molecule has 0 N–H and O–H groups in total. The summed E-state index contributed by atoms with van der Waals surface area (Å²) in [4.78, 5) is 5.49. The van der Waals surface area contributed by atoms with Crippen LogP contribution in [0.25, 0.3) is 0 Å². The Hall–Kier alpha value is -0.120. The average Bonchev–Trinajstić information content (AvgIpc) is 2.07. The van der Waals surface area contributed by atoms with E-state index in [1.807, 2.05) is 12.1 Å². The summed E-state index contributed by atoms with van der Waals surface area (Å²) in [5.41, 5.74) is 0. The Bertz CT molecular complexity index is 88.5. The van der Waals surface area contributed by atoms with Crippen LogP contribution < -0.4 is 0 Å². The normalized spacial score (nSPS) is 11.5. The number of hydrazine groups is 1. The van der Waals surface area contributed by atoms with Gasteiger partial charge in [0, 0.05) is 19.6 Å². The zero-order valence-corrected chi connectivity index (χ0v) is 8.84. The Labute approximate surface area is 76.2 Å². The standard InChI is InChI=1S/C9H22N2O/c1-5-9-11(12-8-4)10(6-2)7-3/h5-9H2,1-4H3. The minimum Gasteiger partial charge on any atom is -0.284 e. The molecule has 0 bridgehead atoms. The first-order valence-electron chi connectivity index (χ1n) is 4.95. The van der Waals surface area contributed by atoms with Gasteiger partial charge in [-0.2, -0.15) is 0 Å². The van der Waals surface area contributed by atoms with Crippen molar-refractivity contribution in [2.24, 2.45) is 0 Å². The molecule has 0 saturated heterocycles. The van der Waals surface area contributed by atoms with Gasteiger partial charge in [-0.05, 0) is 13.3 Å². The second-order valence-electron chi connectivity index (χ2n) is 2.63. The Kier molecular flexibility index (Phi) is 7.45. The van der Waals surface area contributed by atoms with E-state index in [2.05, 4.69) is 25.8 Å². The fourth-order valence-corrected chi connectivity index (χ4v) is 1.17. The lowest BCUT2D eigenvalue weighted by Gasteiger charge is -2.31. The maximum absolute atomic E-state index is 5.49. The molecule has 0 amide bonds. The van der Waals surface area contributed by atoms with Crippen LogP contribution in [-0.4, -0.2) is 36.4 Å². The molecule has 74 valence electrons. The summed E-state index contributed by atoms with van der Waals surface area (Å²) in [7, 11) is 0. The summed E-state index contributed by atoms with van der Waals surface area (Å²) in [5.74, 6) is 0. The van der Waals surface area contributed by atoms with Crippen LogP contribution >= 0.6 is 0 Å². The van der Waals surface area contributed by atoms with E-state index >= 15 is 0 Å². The van der Waals surface area contributed by atoms with Crippen molar-refractivity contribution in [3.8, 4) is 0 Å². The topological polar surface area (TPSA) is 15.7 Å². The second-order valence-corrected chi connectivity index (χ2v) is 2.63. The first-order valence-corrected chi connectivity index (χ1v) is 4.95. The quantitative estimate of drug-likeness (QED) is 0.548. The highest BCUT2D eigenvalue weighted by atomic mass is 16.7. The van der Waals surface area contributed by atoms with Crippen LogP contribution in [0.1, 0.15) is 34.1 Å². The largest absolute Gasteiger partial charge is 0.284 e. The first-order chi connectivity index (χ1) is 5.79. The minimum atomic E-state index is 0.747. The molecule has 0 atom stereocenters. The van der Waals surface area contributed by atoms with Gasteiger partial charge in [0.15, 0.2) is 0 Å². The molecule has 3 nitrogen and oxygen atoms in total. The summed E-state index contributed by atoms with van der Waals surface area (Å²) in [6, 6.07) is 0. The lowest BCUT2D eigenvalue weighted by molar-refractivity contribution is -0.279. The number of nitrogens with zero attached hydrogens (tertiary/aromatic N) is 2. The molecule has 0 unspecified atom stereocenters. The van der Waals surface area contributed by atoms with Crippen molar-refractivity contribution in [1.29, 1.82) is 0 Å². The van der Waals surface area contributed by atoms with Crippen molar-refractivity contribution in [1.82, 2.24) is 10.2 Å². The molecule has 3 heteroatoms. The van der Waals surface area contributed by atoms with Gasteiger partial charge in [-0.25, -0.2) is 5.01 Å². The molecule has 0 heterocycles. The summed E-state index contributed by atoms with van der Waals surface area (Å²) < 4.78 is 0. The third kappa shape index (κ3) is 4.04. The molecule has 0 aromatic heterocycles. The third-order valence-electron chi connectivity index (χ3n) is 1.74. The molecule has 0 spiro atoms. The molecule has 0 aliphatic carbocycles. The zero-order valence-electron chi connectivity index (χ0n) is 8.84. The Morgan fingerprint density at radius 3 is 1.92 bits per heavy atom. The summed E-state index contributed by atoms with van der Waals surface area (Å²) in [5, 5.41) is 4.17. The van der Waals surface area contributed by atoms with Gasteiger partial charge in [-0.3, -0.25) is 4.84 Å². The predicted octanol–water partition coefficient (Wildman–Crippen LogP) is 1.91. The molecule has 0 rings (SSSR count). The molecule has 0 aliphatic heterocycles. The van der Waals surface area contributed by atoms with E-state index in [9.17, 15) is 0 Å². The summed E-state index contributed by atoms with van der Waals surface area (Å²) >= 11 is 0. The highest BCUT2D eigenvalue weighted by molar-refractivity contribution is 4.44. The highest BCUT2D eigenvalue weighted by Gasteiger charge is 2.09. The fraction of sp³-hybridized carbons (Fsp3) is 1.00. The SMILES string of the molecule is CCCN(OCC)N(CC)CC. The van der Waals surface area contributed by atoms with Crippen molar-refractivity contribution in [2.75, 3.05) is 26.2 Å². The van der Waals surface area contributed by atoms with Crippen LogP contribution in [0, 0.1) is 0 Å². The van der Waals surface area contributed by atoms with Crippen molar-refractivity contribution >= 4 is 0 Å². The van der Waals surface area contributed by atoms with Crippen LogP contribution in [-0.2, 0) is 4.84 Å². The van der Waals surface area contributed by atoms with Gasteiger partial charge in [0.2, 0.25) is 0 Å². The predicted molar refractivity (Wildman–Crippen MR) is 51.5 cm³/mol. The van der Waals surface area contributed by atoms with Crippen molar-refractivity contribution in [2.45, 2.75) is 34.1 Å². The second kappa shape index (κ2) is 7.53. The summed E-state index contributed by atoms with van der Waals surface area (Å²) in [6.45, 7) is 12.2. The van der Waals surface area contributed by atoms with Gasteiger partial charge in [-0.1, -0.05) is 20.8 Å². The maximum atomic E-state index is 5.49. The van der Waals surface area contributed by atoms with Crippen molar-refractivity contribution in [3.63, 3.8) is 0 Å². The van der Waals surface area contributed by atoms with E-state index in [1.54, 1.807) is 0 Å². The van der Waals surface area contributed by atoms with Crippen molar-refractivity contribution < 1.29 is 4.84 Å². The number of hydroxylamine groups is 1. The minimum absolute atomic E-state index is 0.747. The van der Waals surface area contributed by atoms with Crippen LogP contribution in [0.5, 0.6) is 0 Å². The lowest BCUT2D eigenvalue weighted by atomic mass is 10.5. The number of hydrogen-bond donors (Lipinski definition) is 0. The van der Waals surface area contributed by atoms with E-state index in [0.717, 1.165) is 32.7 Å². The number of hydrogen-bond acceptors (Lipinski definition) is 3. The van der Waals surface area contributed by atoms with Gasteiger partial charge in [0.25, 0.3) is 0 Å². The summed E-state index contributed by atoms with van der Waals surface area (Å²) in [6.07, 6.45) is 1.12. The Morgan fingerprint density at radius 1 is 1.00 bits per heavy atom. The van der Waals surface area contributed by atoms with Gasteiger partial charge >= 0.3 is 0 Å². The molecule has 12 heavy (non-hydrogen) atoms. The van der Waals surface area contributed by atoms with E-state index in [4.69, 9.17) is 4.84 Å². The average molecular weight is 174 g/mol. The molecule has 0 radical (unpaired) electrons. The maximum Gasteiger partial charge on any atom is 0.0673 e. The smallest absolute Gasteiger partial charge is 0.0673 e. The first kappa shape index (κ1) is 11.9. The molecule has 0 aromatic rings. The highest BCUT2D eigenvalue weighted by Crippen LogP contribution is 1.99. The number of rotatable bonds is 7. The van der Waals surface area contributed by atoms with Crippen LogP contribution in [0.2, 0.25) is 0 Å². The Morgan fingerprint density at radius 2 is 1.58 bits per heavy atom. The van der Waals surface area contributed by atoms with E-state index in [-0.39, 0.29) is 0 Å². The Balaban J connectivity index is 3.86. The van der Waals surface area contributed by atoms with E-state index in [1.165, 1.54) is 0 Å².